The minimum Gasteiger partial charge on any atom is -0.0843 e. The van der Waals surface area contributed by atoms with Gasteiger partial charge in [0.05, 0.1) is 0 Å². The predicted octanol–water partition coefficient (Wildman–Crippen LogP) is 8.76. The first-order valence-electron chi connectivity index (χ1n) is 9.26. The van der Waals surface area contributed by atoms with Crippen LogP contribution in [0, 0.1) is 0 Å². The Labute approximate surface area is 171 Å². The molecule has 0 aliphatic rings. The molecule has 28 heavy (non-hydrogen) atoms. The summed E-state index contributed by atoms with van der Waals surface area (Å²) in [6.45, 7) is 0. The van der Waals surface area contributed by atoms with Crippen molar-refractivity contribution >= 4 is 77.1 Å². The standard InChI is InChI=1S/C26H14Cl2/c27-15-9-11-19-20-12-10-16(28)14-24(20)26-22-8-4-2-6-18(22)17-5-1-3-7-21(17)25(26)23(19)13-15/h1-14H. The van der Waals surface area contributed by atoms with Crippen molar-refractivity contribution in [3.05, 3.63) is 95.0 Å². The predicted molar refractivity (Wildman–Crippen MR) is 124 cm³/mol. The van der Waals surface area contributed by atoms with Gasteiger partial charge in [0.25, 0.3) is 0 Å². The van der Waals surface area contributed by atoms with Gasteiger partial charge in [-0.2, -0.15) is 0 Å². The van der Waals surface area contributed by atoms with Crippen LogP contribution in [0.2, 0.25) is 10.0 Å². The van der Waals surface area contributed by atoms with Crippen LogP contribution in [0.3, 0.4) is 0 Å². The Balaban J connectivity index is 2.12. The van der Waals surface area contributed by atoms with Crippen molar-refractivity contribution in [3.63, 3.8) is 0 Å². The van der Waals surface area contributed by atoms with Crippen LogP contribution in [0.4, 0.5) is 0 Å². The lowest BCUT2D eigenvalue weighted by Gasteiger charge is -2.16. The van der Waals surface area contributed by atoms with Gasteiger partial charge in [-0.15, -0.1) is 0 Å². The molecule has 0 N–H and O–H groups in total. The third-order valence-corrected chi connectivity index (χ3v) is 6.20. The summed E-state index contributed by atoms with van der Waals surface area (Å²) in [6.07, 6.45) is 0. The van der Waals surface area contributed by atoms with E-state index in [1.807, 2.05) is 12.1 Å². The number of halogens is 2. The lowest BCUT2D eigenvalue weighted by Crippen LogP contribution is -1.88. The maximum Gasteiger partial charge on any atom is 0.0412 e. The molecule has 0 aromatic heterocycles. The van der Waals surface area contributed by atoms with Crippen LogP contribution in [0.1, 0.15) is 0 Å². The first kappa shape index (κ1) is 16.2. The Morgan fingerprint density at radius 3 is 1.14 bits per heavy atom. The molecule has 0 spiro atoms. The van der Waals surface area contributed by atoms with E-state index in [0.717, 1.165) is 10.0 Å². The Kier molecular flexibility index (Phi) is 3.38. The SMILES string of the molecule is Clc1ccc2c3ccc(Cl)cc3c3c4ccccc4c4ccccc4c3c2c1. The highest BCUT2D eigenvalue weighted by atomic mass is 35.5. The summed E-state index contributed by atoms with van der Waals surface area (Å²) in [5.74, 6) is 0. The minimum atomic E-state index is 0.749. The fourth-order valence-electron chi connectivity index (χ4n) is 4.62. The molecule has 0 atom stereocenters. The quantitative estimate of drug-likeness (QED) is 0.225. The summed E-state index contributed by atoms with van der Waals surface area (Å²) in [4.78, 5) is 0. The average molecular weight is 397 g/mol. The largest absolute Gasteiger partial charge is 0.0843 e. The van der Waals surface area contributed by atoms with E-state index in [0.29, 0.717) is 0 Å². The van der Waals surface area contributed by atoms with Gasteiger partial charge in [0.1, 0.15) is 0 Å². The molecule has 2 heteroatoms. The summed E-state index contributed by atoms with van der Waals surface area (Å²) in [5.41, 5.74) is 0. The van der Waals surface area contributed by atoms with Crippen molar-refractivity contribution in [1.82, 2.24) is 0 Å². The van der Waals surface area contributed by atoms with E-state index in [2.05, 4.69) is 72.8 Å². The topological polar surface area (TPSA) is 0 Å². The van der Waals surface area contributed by atoms with Gasteiger partial charge in [-0.25, -0.2) is 0 Å². The highest BCUT2D eigenvalue weighted by Crippen LogP contribution is 2.44. The Hall–Kier alpha value is -2.80. The van der Waals surface area contributed by atoms with Crippen LogP contribution in [-0.2, 0) is 0 Å². The molecule has 0 fully saturated rings. The number of hydrogen-bond acceptors (Lipinski definition) is 0. The second-order valence-corrected chi connectivity index (χ2v) is 8.09. The number of rotatable bonds is 0. The molecular weight excluding hydrogens is 383 g/mol. The molecule has 6 rings (SSSR count). The van der Waals surface area contributed by atoms with Gasteiger partial charge in [0.15, 0.2) is 0 Å². The van der Waals surface area contributed by atoms with E-state index in [4.69, 9.17) is 23.2 Å². The summed E-state index contributed by atoms with van der Waals surface area (Å²) in [5, 5.41) is 13.7. The first-order valence-corrected chi connectivity index (χ1v) is 10.0. The molecule has 0 heterocycles. The normalized spacial score (nSPS) is 11.9. The van der Waals surface area contributed by atoms with Gasteiger partial charge in [-0.1, -0.05) is 83.9 Å². The van der Waals surface area contributed by atoms with E-state index in [9.17, 15) is 0 Å². The van der Waals surface area contributed by atoms with Gasteiger partial charge in [-0.05, 0) is 78.1 Å². The van der Waals surface area contributed by atoms with E-state index >= 15 is 0 Å². The molecule has 132 valence electrons. The molecule has 6 aromatic carbocycles. The highest BCUT2D eigenvalue weighted by molar-refractivity contribution is 6.41. The van der Waals surface area contributed by atoms with E-state index in [-0.39, 0.29) is 0 Å². The summed E-state index contributed by atoms with van der Waals surface area (Å²) < 4.78 is 0. The van der Waals surface area contributed by atoms with Crippen LogP contribution in [-0.4, -0.2) is 0 Å². The summed E-state index contributed by atoms with van der Waals surface area (Å²) in [6, 6.07) is 29.6. The van der Waals surface area contributed by atoms with Gasteiger partial charge in [-0.3, -0.25) is 0 Å². The lowest BCUT2D eigenvalue weighted by molar-refractivity contribution is 1.78. The zero-order chi connectivity index (χ0) is 18.8. The van der Waals surface area contributed by atoms with Crippen molar-refractivity contribution < 1.29 is 0 Å². The van der Waals surface area contributed by atoms with Gasteiger partial charge >= 0.3 is 0 Å². The molecule has 6 aromatic rings. The van der Waals surface area contributed by atoms with Crippen LogP contribution in [0.15, 0.2) is 84.9 Å². The maximum atomic E-state index is 6.44. The molecule has 0 saturated heterocycles. The number of benzene rings is 6. The Morgan fingerprint density at radius 2 is 0.714 bits per heavy atom. The first-order chi connectivity index (χ1) is 13.7. The summed E-state index contributed by atoms with van der Waals surface area (Å²) >= 11 is 12.9. The molecular formula is C26H14Cl2. The van der Waals surface area contributed by atoms with Gasteiger partial charge in [0.2, 0.25) is 0 Å². The fraction of sp³-hybridized carbons (Fsp3) is 0. The molecule has 0 radical (unpaired) electrons. The van der Waals surface area contributed by atoms with Gasteiger partial charge in [0, 0.05) is 10.0 Å². The molecule has 0 amide bonds. The van der Waals surface area contributed by atoms with Crippen molar-refractivity contribution in [2.45, 2.75) is 0 Å². The van der Waals surface area contributed by atoms with Crippen LogP contribution < -0.4 is 0 Å². The van der Waals surface area contributed by atoms with E-state index < -0.39 is 0 Å². The number of hydrogen-bond donors (Lipinski definition) is 0. The van der Waals surface area contributed by atoms with Crippen molar-refractivity contribution in [2.75, 3.05) is 0 Å². The zero-order valence-electron chi connectivity index (χ0n) is 14.8. The van der Waals surface area contributed by atoms with Crippen LogP contribution in [0.25, 0.3) is 53.9 Å². The highest BCUT2D eigenvalue weighted by Gasteiger charge is 2.16. The Bertz CT molecular complexity index is 1460. The van der Waals surface area contributed by atoms with E-state index in [1.165, 1.54) is 53.9 Å². The second kappa shape index (κ2) is 5.85. The van der Waals surface area contributed by atoms with Crippen molar-refractivity contribution in [3.8, 4) is 0 Å². The zero-order valence-corrected chi connectivity index (χ0v) is 16.4. The molecule has 0 saturated carbocycles. The smallest absolute Gasteiger partial charge is 0.0412 e. The minimum absolute atomic E-state index is 0.749. The third-order valence-electron chi connectivity index (χ3n) is 5.73. The second-order valence-electron chi connectivity index (χ2n) is 7.22. The number of fused-ring (bicyclic) bond motifs is 11. The molecule has 0 unspecified atom stereocenters. The van der Waals surface area contributed by atoms with Crippen molar-refractivity contribution in [1.29, 1.82) is 0 Å². The van der Waals surface area contributed by atoms with Gasteiger partial charge < -0.3 is 0 Å². The van der Waals surface area contributed by atoms with Crippen LogP contribution >= 0.6 is 23.2 Å². The molecule has 0 bridgehead atoms. The Morgan fingerprint density at radius 1 is 0.357 bits per heavy atom. The lowest BCUT2D eigenvalue weighted by atomic mass is 9.87. The average Bonchev–Trinajstić information content (AvgIpc) is 2.73. The maximum absolute atomic E-state index is 6.44. The molecule has 0 aliphatic carbocycles. The van der Waals surface area contributed by atoms with E-state index in [1.54, 1.807) is 0 Å². The van der Waals surface area contributed by atoms with Crippen molar-refractivity contribution in [2.24, 2.45) is 0 Å². The van der Waals surface area contributed by atoms with Crippen LogP contribution in [0.5, 0.6) is 0 Å². The molecule has 0 aliphatic heterocycles. The summed E-state index contributed by atoms with van der Waals surface area (Å²) in [7, 11) is 0. The monoisotopic (exact) mass is 396 g/mol. The fourth-order valence-corrected chi connectivity index (χ4v) is 4.96. The third kappa shape index (κ3) is 2.13. The molecule has 0 nitrogen and oxygen atoms in total.